The van der Waals surface area contributed by atoms with E-state index in [0.717, 1.165) is 23.5 Å². The van der Waals surface area contributed by atoms with Crippen LogP contribution in [0.4, 0.5) is 4.39 Å². The number of carbonyl (C=O) groups excluding carboxylic acids is 1. The van der Waals surface area contributed by atoms with Crippen LogP contribution in [-0.2, 0) is 29.7 Å². The Kier molecular flexibility index (Phi) is 3.46. The Balaban J connectivity index is 1.68. The van der Waals surface area contributed by atoms with Crippen molar-refractivity contribution in [2.45, 2.75) is 52.1 Å². The van der Waals surface area contributed by atoms with Crippen LogP contribution >= 0.6 is 0 Å². The second kappa shape index (κ2) is 5.35. The number of nitrogens with zero attached hydrogens (tertiary/aromatic N) is 3. The summed E-state index contributed by atoms with van der Waals surface area (Å²) in [7, 11) is 0. The summed E-state index contributed by atoms with van der Waals surface area (Å²) in [5, 5.41) is 0. The molecule has 1 aromatic carbocycles. The molecule has 2 heterocycles. The van der Waals surface area contributed by atoms with Gasteiger partial charge in [0.15, 0.2) is 0 Å². The molecular formula is C20H22FN3O. The van der Waals surface area contributed by atoms with E-state index in [0.29, 0.717) is 25.1 Å². The summed E-state index contributed by atoms with van der Waals surface area (Å²) < 4.78 is 14.5. The number of aromatic nitrogens is 2. The SMILES string of the molecule is CCc1ncc2c(n1)CN(C(=O)C1(c3ccccc3F)CC1(C)C)C2. The molecule has 1 amide bonds. The molecule has 1 fully saturated rings. The van der Waals surface area contributed by atoms with Crippen molar-refractivity contribution in [1.82, 2.24) is 14.9 Å². The van der Waals surface area contributed by atoms with Gasteiger partial charge in [-0.1, -0.05) is 39.0 Å². The topological polar surface area (TPSA) is 46.1 Å². The van der Waals surface area contributed by atoms with Crippen molar-refractivity contribution in [3.05, 3.63) is 58.9 Å². The number of hydrogen-bond donors (Lipinski definition) is 0. The molecule has 1 saturated carbocycles. The Morgan fingerprint density at radius 2 is 2.00 bits per heavy atom. The van der Waals surface area contributed by atoms with E-state index in [1.54, 1.807) is 23.1 Å². The first-order chi connectivity index (χ1) is 11.9. The molecule has 0 N–H and O–H groups in total. The van der Waals surface area contributed by atoms with Crippen molar-refractivity contribution in [2.75, 3.05) is 0 Å². The summed E-state index contributed by atoms with van der Waals surface area (Å²) >= 11 is 0. The minimum Gasteiger partial charge on any atom is -0.332 e. The molecule has 25 heavy (non-hydrogen) atoms. The molecule has 5 heteroatoms. The quantitative estimate of drug-likeness (QED) is 0.861. The fourth-order valence-corrected chi connectivity index (χ4v) is 4.14. The van der Waals surface area contributed by atoms with Crippen LogP contribution in [0.5, 0.6) is 0 Å². The van der Waals surface area contributed by atoms with Gasteiger partial charge < -0.3 is 4.90 Å². The van der Waals surface area contributed by atoms with Gasteiger partial charge in [0.1, 0.15) is 11.6 Å². The number of amides is 1. The van der Waals surface area contributed by atoms with Gasteiger partial charge in [0.25, 0.3) is 0 Å². The Bertz CT molecular complexity index is 864. The average molecular weight is 339 g/mol. The highest BCUT2D eigenvalue weighted by Gasteiger charge is 2.69. The average Bonchev–Trinajstić information content (AvgIpc) is 2.98. The van der Waals surface area contributed by atoms with Crippen molar-refractivity contribution >= 4 is 5.91 Å². The molecule has 0 spiro atoms. The van der Waals surface area contributed by atoms with Crippen LogP contribution in [0.25, 0.3) is 0 Å². The van der Waals surface area contributed by atoms with Crippen LogP contribution in [0.15, 0.2) is 30.5 Å². The Labute approximate surface area is 147 Å². The first-order valence-electron chi connectivity index (χ1n) is 8.77. The van der Waals surface area contributed by atoms with Crippen molar-refractivity contribution in [3.8, 4) is 0 Å². The van der Waals surface area contributed by atoms with E-state index in [4.69, 9.17) is 0 Å². The lowest BCUT2D eigenvalue weighted by Crippen LogP contribution is -2.39. The molecule has 0 saturated heterocycles. The predicted molar refractivity (Wildman–Crippen MR) is 92.1 cm³/mol. The maximum Gasteiger partial charge on any atom is 0.234 e. The lowest BCUT2D eigenvalue weighted by molar-refractivity contribution is -0.135. The predicted octanol–water partition coefficient (Wildman–Crippen LogP) is 3.39. The third-order valence-electron chi connectivity index (χ3n) is 5.75. The molecule has 1 aliphatic carbocycles. The van der Waals surface area contributed by atoms with Crippen LogP contribution in [0, 0.1) is 11.2 Å². The zero-order valence-electron chi connectivity index (χ0n) is 14.8. The number of carbonyl (C=O) groups is 1. The molecular weight excluding hydrogens is 317 g/mol. The van der Waals surface area contributed by atoms with Crippen molar-refractivity contribution in [1.29, 1.82) is 0 Å². The van der Waals surface area contributed by atoms with E-state index in [9.17, 15) is 9.18 Å². The number of fused-ring (bicyclic) bond motifs is 1. The summed E-state index contributed by atoms with van der Waals surface area (Å²) in [4.78, 5) is 24.1. The fraction of sp³-hybridized carbons (Fsp3) is 0.450. The Morgan fingerprint density at radius 3 is 2.64 bits per heavy atom. The molecule has 4 rings (SSSR count). The normalized spacial score (nSPS) is 23.4. The molecule has 130 valence electrons. The number of rotatable bonds is 3. The highest BCUT2D eigenvalue weighted by Crippen LogP contribution is 2.65. The van der Waals surface area contributed by atoms with Gasteiger partial charge in [-0.15, -0.1) is 0 Å². The molecule has 2 aliphatic rings. The molecule has 1 aromatic heterocycles. The second-order valence-electron chi connectivity index (χ2n) is 7.72. The molecule has 0 radical (unpaired) electrons. The van der Waals surface area contributed by atoms with E-state index in [-0.39, 0.29) is 17.1 Å². The summed E-state index contributed by atoms with van der Waals surface area (Å²) in [5.41, 5.74) is 1.40. The lowest BCUT2D eigenvalue weighted by Gasteiger charge is -2.26. The monoisotopic (exact) mass is 339 g/mol. The van der Waals surface area contributed by atoms with Gasteiger partial charge in [-0.25, -0.2) is 14.4 Å². The van der Waals surface area contributed by atoms with E-state index in [1.807, 2.05) is 27.0 Å². The third-order valence-corrected chi connectivity index (χ3v) is 5.75. The van der Waals surface area contributed by atoms with Gasteiger partial charge in [0, 0.05) is 30.3 Å². The van der Waals surface area contributed by atoms with Gasteiger partial charge in [0.2, 0.25) is 5.91 Å². The zero-order chi connectivity index (χ0) is 17.8. The van der Waals surface area contributed by atoms with Crippen molar-refractivity contribution in [2.24, 2.45) is 5.41 Å². The number of benzene rings is 1. The number of aryl methyl sites for hydroxylation is 1. The molecule has 1 unspecified atom stereocenters. The van der Waals surface area contributed by atoms with E-state index >= 15 is 0 Å². The zero-order valence-corrected chi connectivity index (χ0v) is 14.8. The Morgan fingerprint density at radius 1 is 1.28 bits per heavy atom. The van der Waals surface area contributed by atoms with Crippen molar-refractivity contribution < 1.29 is 9.18 Å². The molecule has 1 atom stereocenters. The van der Waals surface area contributed by atoms with E-state index < -0.39 is 5.41 Å². The van der Waals surface area contributed by atoms with Gasteiger partial charge in [0.05, 0.1) is 17.7 Å². The molecule has 2 aromatic rings. The van der Waals surface area contributed by atoms with Gasteiger partial charge in [-0.05, 0) is 17.9 Å². The minimum absolute atomic E-state index is 0.00125. The highest BCUT2D eigenvalue weighted by atomic mass is 19.1. The van der Waals surface area contributed by atoms with Crippen LogP contribution in [0.2, 0.25) is 0 Å². The van der Waals surface area contributed by atoms with E-state index in [2.05, 4.69) is 9.97 Å². The Hall–Kier alpha value is -2.30. The van der Waals surface area contributed by atoms with Gasteiger partial charge in [-0.2, -0.15) is 0 Å². The van der Waals surface area contributed by atoms with Crippen LogP contribution in [-0.4, -0.2) is 20.8 Å². The summed E-state index contributed by atoms with van der Waals surface area (Å²) in [6.45, 7) is 7.07. The number of halogens is 1. The summed E-state index contributed by atoms with van der Waals surface area (Å²) in [5.74, 6) is 0.494. The minimum atomic E-state index is -0.776. The molecule has 1 aliphatic heterocycles. The van der Waals surface area contributed by atoms with Gasteiger partial charge in [-0.3, -0.25) is 4.79 Å². The number of hydrogen-bond acceptors (Lipinski definition) is 3. The van der Waals surface area contributed by atoms with Crippen LogP contribution < -0.4 is 0 Å². The second-order valence-corrected chi connectivity index (χ2v) is 7.72. The highest BCUT2D eigenvalue weighted by molar-refractivity contribution is 5.93. The first-order valence-corrected chi connectivity index (χ1v) is 8.77. The fourth-order valence-electron chi connectivity index (χ4n) is 4.14. The maximum absolute atomic E-state index is 14.5. The largest absolute Gasteiger partial charge is 0.332 e. The van der Waals surface area contributed by atoms with Crippen molar-refractivity contribution in [3.63, 3.8) is 0 Å². The van der Waals surface area contributed by atoms with Crippen LogP contribution in [0.3, 0.4) is 0 Å². The first kappa shape index (κ1) is 16.2. The lowest BCUT2D eigenvalue weighted by atomic mass is 9.86. The standard InChI is InChI=1S/C20H22FN3O/c1-4-17-22-9-13-10-24(11-16(13)23-17)18(25)20(12-19(20,2)3)14-7-5-6-8-15(14)21/h5-9H,4,10-12H2,1-3H3. The van der Waals surface area contributed by atoms with Crippen LogP contribution in [0.1, 0.15) is 49.8 Å². The molecule has 4 nitrogen and oxygen atoms in total. The van der Waals surface area contributed by atoms with Gasteiger partial charge >= 0.3 is 0 Å². The smallest absolute Gasteiger partial charge is 0.234 e. The third kappa shape index (κ3) is 2.29. The molecule has 0 bridgehead atoms. The van der Waals surface area contributed by atoms with E-state index in [1.165, 1.54) is 6.07 Å². The summed E-state index contributed by atoms with van der Waals surface area (Å²) in [6, 6.07) is 6.66. The summed E-state index contributed by atoms with van der Waals surface area (Å²) in [6.07, 6.45) is 3.26. The maximum atomic E-state index is 14.5.